The van der Waals surface area contributed by atoms with Crippen molar-refractivity contribution in [3.05, 3.63) is 0 Å². The summed E-state index contributed by atoms with van der Waals surface area (Å²) in [6.45, 7) is 3.70. The highest BCUT2D eigenvalue weighted by molar-refractivity contribution is 6.22. The molecule has 8 nitrogen and oxygen atoms in total. The third-order valence-corrected chi connectivity index (χ3v) is 3.52. The monoisotopic (exact) mass is 288 g/mol. The molecular formula is C12H16O8. The second-order valence-electron chi connectivity index (χ2n) is 4.71. The van der Waals surface area contributed by atoms with Gasteiger partial charge in [0, 0.05) is 0 Å². The first-order valence-electron chi connectivity index (χ1n) is 6.00. The van der Waals surface area contributed by atoms with Crippen LogP contribution in [0.25, 0.3) is 0 Å². The molecule has 8 heteroatoms. The summed E-state index contributed by atoms with van der Waals surface area (Å²) < 4.78 is 8.59. The van der Waals surface area contributed by atoms with Crippen LogP contribution in [-0.4, -0.2) is 46.3 Å². The highest BCUT2D eigenvalue weighted by atomic mass is 16.7. The lowest BCUT2D eigenvalue weighted by Crippen LogP contribution is -2.57. The summed E-state index contributed by atoms with van der Waals surface area (Å²) in [6, 6.07) is 0. The Morgan fingerprint density at radius 1 is 1.35 bits per heavy atom. The first-order chi connectivity index (χ1) is 9.14. The van der Waals surface area contributed by atoms with Gasteiger partial charge >= 0.3 is 18.1 Å². The van der Waals surface area contributed by atoms with Crippen LogP contribution >= 0.6 is 0 Å². The summed E-state index contributed by atoms with van der Waals surface area (Å²) >= 11 is 0. The number of hydrogen-bond donors (Lipinski definition) is 2. The number of ketones is 1. The quantitative estimate of drug-likeness (QED) is 0.539. The van der Waals surface area contributed by atoms with Crippen molar-refractivity contribution < 1.29 is 38.9 Å². The number of carbonyl (C=O) groups excluding carboxylic acids is 3. The van der Waals surface area contributed by atoms with Gasteiger partial charge in [0.15, 0.2) is 5.78 Å². The van der Waals surface area contributed by atoms with Crippen LogP contribution in [-0.2, 0) is 23.9 Å². The Hall–Kier alpha value is -1.96. The molecule has 1 fully saturated rings. The van der Waals surface area contributed by atoms with Gasteiger partial charge < -0.3 is 19.7 Å². The zero-order valence-corrected chi connectivity index (χ0v) is 11.3. The van der Waals surface area contributed by atoms with Gasteiger partial charge in [0.2, 0.25) is 0 Å². The molecule has 0 spiro atoms. The lowest BCUT2D eigenvalue weighted by atomic mass is 9.75. The lowest BCUT2D eigenvalue weighted by Gasteiger charge is -2.29. The van der Waals surface area contributed by atoms with Gasteiger partial charge in [-0.15, -0.1) is 0 Å². The zero-order chi connectivity index (χ0) is 15.7. The molecule has 0 bridgehead atoms. The highest BCUT2D eigenvalue weighted by Crippen LogP contribution is 2.56. The Balaban J connectivity index is 3.18. The minimum absolute atomic E-state index is 0.0587. The Bertz CT molecular complexity index is 454. The van der Waals surface area contributed by atoms with E-state index in [0.717, 1.165) is 6.92 Å². The summed E-state index contributed by atoms with van der Waals surface area (Å²) in [7, 11) is 0. The third kappa shape index (κ3) is 2.15. The Labute approximate surface area is 114 Å². The number of carbonyl (C=O) groups is 4. The van der Waals surface area contributed by atoms with Crippen molar-refractivity contribution in [2.45, 2.75) is 32.8 Å². The number of carboxylic acid groups (broad SMARTS) is 1. The Morgan fingerprint density at radius 2 is 1.85 bits per heavy atom. The number of esters is 1. The molecule has 0 aromatic rings. The summed E-state index contributed by atoms with van der Waals surface area (Å²) in [5.74, 6) is -5.18. The Kier molecular flexibility index (Phi) is 4.18. The fraction of sp³-hybridized carbons (Fsp3) is 0.667. The first-order valence-corrected chi connectivity index (χ1v) is 6.00. The van der Waals surface area contributed by atoms with E-state index in [2.05, 4.69) is 9.47 Å². The van der Waals surface area contributed by atoms with E-state index >= 15 is 0 Å². The van der Waals surface area contributed by atoms with Crippen LogP contribution in [0.15, 0.2) is 0 Å². The molecule has 0 saturated heterocycles. The van der Waals surface area contributed by atoms with Crippen LogP contribution in [0.5, 0.6) is 0 Å². The van der Waals surface area contributed by atoms with E-state index < -0.39 is 40.8 Å². The van der Waals surface area contributed by atoms with Crippen molar-refractivity contribution in [3.8, 4) is 0 Å². The van der Waals surface area contributed by atoms with E-state index in [4.69, 9.17) is 0 Å². The molecule has 3 atom stereocenters. The molecule has 112 valence electrons. The average Bonchev–Trinajstić information content (AvgIpc) is 2.86. The van der Waals surface area contributed by atoms with Crippen LogP contribution in [0.4, 0.5) is 4.79 Å². The van der Waals surface area contributed by atoms with E-state index in [1.807, 2.05) is 0 Å². The average molecular weight is 288 g/mol. The van der Waals surface area contributed by atoms with Gasteiger partial charge in [0.1, 0.15) is 5.60 Å². The minimum Gasteiger partial charge on any atom is -0.480 e. The fourth-order valence-electron chi connectivity index (χ4n) is 2.28. The van der Waals surface area contributed by atoms with Gasteiger partial charge in [0.05, 0.1) is 6.61 Å². The number of hydrogen-bond acceptors (Lipinski definition) is 7. The molecule has 1 aliphatic carbocycles. The standard InChI is InChI=1S/C12H16O8/c1-4-19-10(17)20-9(16)12(7(3)13,8(14)15)11(18)5-6(11)2/h6,18H,4-5H2,1-3H3,(H,14,15). The molecule has 0 radical (unpaired) electrons. The van der Waals surface area contributed by atoms with Gasteiger partial charge in [-0.1, -0.05) is 6.92 Å². The summed E-state index contributed by atoms with van der Waals surface area (Å²) in [5, 5.41) is 19.5. The molecular weight excluding hydrogens is 272 g/mol. The number of rotatable bonds is 5. The molecule has 0 heterocycles. The number of aliphatic hydroxyl groups is 1. The van der Waals surface area contributed by atoms with E-state index in [0.29, 0.717) is 0 Å². The second kappa shape index (κ2) is 5.20. The van der Waals surface area contributed by atoms with Crippen molar-refractivity contribution >= 4 is 23.9 Å². The summed E-state index contributed by atoms with van der Waals surface area (Å²) in [6.07, 6.45) is -1.47. The normalized spacial score (nSPS) is 27.1. The van der Waals surface area contributed by atoms with Crippen LogP contribution in [0.1, 0.15) is 27.2 Å². The van der Waals surface area contributed by atoms with E-state index in [1.165, 1.54) is 13.8 Å². The van der Waals surface area contributed by atoms with Crippen LogP contribution in [0.2, 0.25) is 0 Å². The van der Waals surface area contributed by atoms with E-state index in [1.54, 1.807) is 0 Å². The van der Waals surface area contributed by atoms with Crippen molar-refractivity contribution in [2.24, 2.45) is 11.3 Å². The molecule has 1 aliphatic rings. The molecule has 1 rings (SSSR count). The van der Waals surface area contributed by atoms with Crippen LogP contribution < -0.4 is 0 Å². The largest absolute Gasteiger partial charge is 0.516 e. The third-order valence-electron chi connectivity index (χ3n) is 3.52. The number of aliphatic carboxylic acids is 1. The number of ether oxygens (including phenoxy) is 2. The minimum atomic E-state index is -2.82. The lowest BCUT2D eigenvalue weighted by molar-refractivity contribution is -0.180. The molecule has 0 aromatic carbocycles. The molecule has 20 heavy (non-hydrogen) atoms. The van der Waals surface area contributed by atoms with Gasteiger partial charge in [-0.05, 0) is 26.2 Å². The SMILES string of the molecule is CCOC(=O)OC(=O)C(C(C)=O)(C(=O)O)C1(O)CC1C. The number of carboxylic acids is 1. The van der Waals surface area contributed by atoms with Crippen molar-refractivity contribution in [3.63, 3.8) is 0 Å². The molecule has 0 aromatic heterocycles. The second-order valence-corrected chi connectivity index (χ2v) is 4.71. The maximum atomic E-state index is 12.0. The maximum absolute atomic E-state index is 12.0. The molecule has 0 aliphatic heterocycles. The molecule has 0 amide bonds. The molecule has 1 saturated carbocycles. The van der Waals surface area contributed by atoms with Gasteiger partial charge in [0.25, 0.3) is 5.41 Å². The predicted octanol–water partition coefficient (Wildman–Crippen LogP) is 0.117. The van der Waals surface area contributed by atoms with Crippen molar-refractivity contribution in [1.82, 2.24) is 0 Å². The van der Waals surface area contributed by atoms with Gasteiger partial charge in [-0.3, -0.25) is 9.59 Å². The van der Waals surface area contributed by atoms with Gasteiger partial charge in [-0.25, -0.2) is 9.59 Å². The summed E-state index contributed by atoms with van der Waals surface area (Å²) in [4.78, 5) is 46.3. The topological polar surface area (TPSA) is 127 Å². The summed E-state index contributed by atoms with van der Waals surface area (Å²) in [5.41, 5.74) is -4.88. The van der Waals surface area contributed by atoms with Crippen molar-refractivity contribution in [2.75, 3.05) is 6.61 Å². The van der Waals surface area contributed by atoms with Crippen molar-refractivity contribution in [1.29, 1.82) is 0 Å². The smallest absolute Gasteiger partial charge is 0.480 e. The zero-order valence-electron chi connectivity index (χ0n) is 11.3. The molecule has 2 N–H and O–H groups in total. The van der Waals surface area contributed by atoms with E-state index in [-0.39, 0.29) is 13.0 Å². The predicted molar refractivity (Wildman–Crippen MR) is 62.6 cm³/mol. The molecule has 3 unspecified atom stereocenters. The van der Waals surface area contributed by atoms with Crippen LogP contribution in [0.3, 0.4) is 0 Å². The van der Waals surface area contributed by atoms with Gasteiger partial charge in [-0.2, -0.15) is 0 Å². The first kappa shape index (κ1) is 16.1. The number of Topliss-reactive ketones (excluding diaryl/α,β-unsaturated/α-hetero) is 1. The van der Waals surface area contributed by atoms with E-state index in [9.17, 15) is 29.4 Å². The maximum Gasteiger partial charge on any atom is 0.516 e. The fourth-order valence-corrected chi connectivity index (χ4v) is 2.28. The van der Waals surface area contributed by atoms with Crippen LogP contribution in [0, 0.1) is 11.3 Å². The highest BCUT2D eigenvalue weighted by Gasteiger charge is 2.75. The Morgan fingerprint density at radius 3 is 2.15 bits per heavy atom.